The van der Waals surface area contributed by atoms with Gasteiger partial charge < -0.3 is 4.90 Å². The lowest BCUT2D eigenvalue weighted by Gasteiger charge is -2.32. The molecular weight excluding hydrogens is 464 g/mol. The van der Waals surface area contributed by atoms with Crippen LogP contribution >= 0.6 is 45.2 Å². The molecule has 0 saturated carbocycles. The molecule has 0 fully saturated rings. The lowest BCUT2D eigenvalue weighted by Crippen LogP contribution is -2.39. The number of allylic oxidation sites excluding steroid dienone is 1. The minimum Gasteiger partial charge on any atom is -0.304 e. The van der Waals surface area contributed by atoms with Gasteiger partial charge in [-0.3, -0.25) is 4.79 Å². The molecule has 0 bridgehead atoms. The number of carbonyl (C=O) groups excluding carboxylic acids is 1. The van der Waals surface area contributed by atoms with E-state index >= 15 is 0 Å². The van der Waals surface area contributed by atoms with E-state index in [0.717, 1.165) is 32.1 Å². The fraction of sp³-hybridized carbons (Fsp3) is 0.400. The molecule has 2 rings (SSSR count). The third-order valence-electron chi connectivity index (χ3n) is 3.30. The van der Waals surface area contributed by atoms with Gasteiger partial charge >= 0.3 is 0 Å². The number of halogens is 2. The van der Waals surface area contributed by atoms with Crippen molar-refractivity contribution in [3.05, 3.63) is 37.0 Å². The first-order chi connectivity index (χ1) is 9.00. The van der Waals surface area contributed by atoms with Gasteiger partial charge in [0, 0.05) is 14.1 Å². The number of anilines is 1. The van der Waals surface area contributed by atoms with Crippen molar-refractivity contribution in [1.82, 2.24) is 0 Å². The molecule has 1 amide bonds. The lowest BCUT2D eigenvalue weighted by molar-refractivity contribution is -0.116. The number of hydrogen-bond acceptors (Lipinski definition) is 1. The summed E-state index contributed by atoms with van der Waals surface area (Å²) in [5.41, 5.74) is 2.30. The number of amides is 1. The number of carbonyl (C=O) groups is 1. The molecule has 1 atom stereocenters. The Labute approximate surface area is 141 Å². The van der Waals surface area contributed by atoms with E-state index in [1.165, 1.54) is 5.56 Å². The molecule has 1 unspecified atom stereocenters. The van der Waals surface area contributed by atoms with Crippen LogP contribution in [0.25, 0.3) is 0 Å². The van der Waals surface area contributed by atoms with E-state index in [0.29, 0.717) is 0 Å². The first-order valence-corrected chi connectivity index (χ1v) is 8.58. The average molecular weight is 481 g/mol. The molecule has 1 aliphatic rings. The molecule has 1 aromatic carbocycles. The summed E-state index contributed by atoms with van der Waals surface area (Å²) < 4.78 is 2.30. The van der Waals surface area contributed by atoms with Crippen LogP contribution in [-0.2, 0) is 4.79 Å². The van der Waals surface area contributed by atoms with Gasteiger partial charge in [0.15, 0.2) is 0 Å². The number of rotatable bonds is 2. The second-order valence-corrected chi connectivity index (χ2v) is 7.22. The minimum atomic E-state index is 0.122. The molecule has 19 heavy (non-hydrogen) atoms. The number of aryl methyl sites for hydroxylation is 1. The van der Waals surface area contributed by atoms with Crippen molar-refractivity contribution >= 4 is 56.8 Å². The van der Waals surface area contributed by atoms with E-state index in [4.69, 9.17) is 0 Å². The SMILES string of the molecule is CC(=O)N(c1c(I)cc(C)cc1I)C1C=CCCC1. The first kappa shape index (κ1) is 15.3. The predicted octanol–water partition coefficient (Wildman–Crippen LogP) is 4.67. The molecule has 1 aromatic rings. The Balaban J connectivity index is 2.48. The molecule has 0 aromatic heterocycles. The average Bonchev–Trinajstić information content (AvgIpc) is 2.34. The number of hydrogen-bond donors (Lipinski definition) is 0. The Morgan fingerprint density at radius 1 is 1.32 bits per heavy atom. The molecule has 102 valence electrons. The molecule has 1 aliphatic carbocycles. The van der Waals surface area contributed by atoms with E-state index in [2.05, 4.69) is 76.4 Å². The zero-order valence-electron chi connectivity index (χ0n) is 11.1. The third kappa shape index (κ3) is 3.51. The topological polar surface area (TPSA) is 20.3 Å². The highest BCUT2D eigenvalue weighted by atomic mass is 127. The second-order valence-electron chi connectivity index (χ2n) is 4.89. The minimum absolute atomic E-state index is 0.122. The summed E-state index contributed by atoms with van der Waals surface area (Å²) in [4.78, 5) is 14.1. The molecule has 0 radical (unpaired) electrons. The van der Waals surface area contributed by atoms with E-state index in [1.54, 1.807) is 6.92 Å². The van der Waals surface area contributed by atoms with Gasteiger partial charge in [-0.2, -0.15) is 0 Å². The number of benzene rings is 1. The molecule has 4 heteroatoms. The summed E-state index contributed by atoms with van der Waals surface area (Å²) in [5.74, 6) is 0.122. The molecule has 0 heterocycles. The maximum atomic E-state index is 12.1. The van der Waals surface area contributed by atoms with Crippen molar-refractivity contribution in [2.45, 2.75) is 39.2 Å². The summed E-state index contributed by atoms with van der Waals surface area (Å²) in [6.07, 6.45) is 7.71. The van der Waals surface area contributed by atoms with Crippen molar-refractivity contribution in [1.29, 1.82) is 0 Å². The van der Waals surface area contributed by atoms with Crippen LogP contribution in [0.15, 0.2) is 24.3 Å². The quantitative estimate of drug-likeness (QED) is 0.445. The fourth-order valence-electron chi connectivity index (χ4n) is 2.49. The Hall–Kier alpha value is -0.110. The largest absolute Gasteiger partial charge is 0.304 e. The summed E-state index contributed by atoms with van der Waals surface area (Å²) in [6.45, 7) is 3.75. The Morgan fingerprint density at radius 3 is 2.42 bits per heavy atom. The van der Waals surface area contributed by atoms with Crippen LogP contribution in [0.2, 0.25) is 0 Å². The summed E-state index contributed by atoms with van der Waals surface area (Å²) >= 11 is 4.67. The van der Waals surface area contributed by atoms with Crippen LogP contribution in [0, 0.1) is 14.1 Å². The molecule has 0 N–H and O–H groups in total. The van der Waals surface area contributed by atoms with Crippen molar-refractivity contribution < 1.29 is 4.79 Å². The molecule has 0 aliphatic heterocycles. The maximum Gasteiger partial charge on any atom is 0.224 e. The van der Waals surface area contributed by atoms with Gasteiger partial charge in [-0.15, -0.1) is 0 Å². The highest BCUT2D eigenvalue weighted by Crippen LogP contribution is 2.33. The van der Waals surface area contributed by atoms with E-state index < -0.39 is 0 Å². The summed E-state index contributed by atoms with van der Waals surface area (Å²) in [5, 5.41) is 0. The van der Waals surface area contributed by atoms with Crippen molar-refractivity contribution in [3.63, 3.8) is 0 Å². The van der Waals surface area contributed by atoms with Gasteiger partial charge in [-0.25, -0.2) is 0 Å². The van der Waals surface area contributed by atoms with Gasteiger partial charge in [0.05, 0.1) is 11.7 Å². The highest BCUT2D eigenvalue weighted by Gasteiger charge is 2.25. The fourth-order valence-corrected chi connectivity index (χ4v) is 5.09. The van der Waals surface area contributed by atoms with Crippen LogP contribution in [0.5, 0.6) is 0 Å². The maximum absolute atomic E-state index is 12.1. The Morgan fingerprint density at radius 2 is 1.95 bits per heavy atom. The van der Waals surface area contributed by atoms with Crippen LogP contribution in [-0.4, -0.2) is 11.9 Å². The van der Waals surface area contributed by atoms with Gasteiger partial charge in [-0.05, 0) is 89.1 Å². The normalized spacial score (nSPS) is 18.4. The van der Waals surface area contributed by atoms with E-state index in [1.807, 2.05) is 4.90 Å². The second kappa shape index (κ2) is 6.56. The smallest absolute Gasteiger partial charge is 0.224 e. The van der Waals surface area contributed by atoms with E-state index in [-0.39, 0.29) is 11.9 Å². The van der Waals surface area contributed by atoms with E-state index in [9.17, 15) is 4.79 Å². The van der Waals surface area contributed by atoms with Gasteiger partial charge in [0.1, 0.15) is 0 Å². The zero-order chi connectivity index (χ0) is 14.0. The molecule has 0 saturated heterocycles. The lowest BCUT2D eigenvalue weighted by atomic mass is 10.0. The first-order valence-electron chi connectivity index (χ1n) is 6.43. The van der Waals surface area contributed by atoms with Crippen LogP contribution in [0.4, 0.5) is 5.69 Å². The predicted molar refractivity (Wildman–Crippen MR) is 96.6 cm³/mol. The van der Waals surface area contributed by atoms with Crippen molar-refractivity contribution in [3.8, 4) is 0 Å². The Bertz CT molecular complexity index is 502. The van der Waals surface area contributed by atoms with Crippen molar-refractivity contribution in [2.24, 2.45) is 0 Å². The highest BCUT2D eigenvalue weighted by molar-refractivity contribution is 14.1. The molecule has 2 nitrogen and oxygen atoms in total. The summed E-state index contributed by atoms with van der Waals surface area (Å²) in [6, 6.07) is 4.48. The van der Waals surface area contributed by atoms with Gasteiger partial charge in [0.25, 0.3) is 0 Å². The van der Waals surface area contributed by atoms with Crippen molar-refractivity contribution in [2.75, 3.05) is 4.90 Å². The zero-order valence-corrected chi connectivity index (χ0v) is 15.4. The monoisotopic (exact) mass is 481 g/mol. The van der Waals surface area contributed by atoms with Crippen LogP contribution < -0.4 is 4.90 Å². The molecular formula is C15H17I2NO. The summed E-state index contributed by atoms with van der Waals surface area (Å²) in [7, 11) is 0. The van der Waals surface area contributed by atoms with Crippen LogP contribution in [0.3, 0.4) is 0 Å². The molecule has 0 spiro atoms. The van der Waals surface area contributed by atoms with Crippen LogP contribution in [0.1, 0.15) is 31.7 Å². The standard InChI is InChI=1S/C15H17I2NO/c1-10-8-13(16)15(14(17)9-10)18(11(2)19)12-6-4-3-5-7-12/h4,6,8-9,12H,3,5,7H2,1-2H3. The number of nitrogens with zero attached hydrogens (tertiary/aromatic N) is 1. The van der Waals surface area contributed by atoms with Gasteiger partial charge in [0.2, 0.25) is 5.91 Å². The third-order valence-corrected chi connectivity index (χ3v) is 4.95. The Kier molecular flexibility index (Phi) is 5.28. The van der Waals surface area contributed by atoms with Gasteiger partial charge in [-0.1, -0.05) is 12.2 Å².